The van der Waals surface area contributed by atoms with E-state index >= 15 is 0 Å². The second-order valence-electron chi connectivity index (χ2n) is 5.33. The van der Waals surface area contributed by atoms with E-state index in [-0.39, 0.29) is 0 Å². The van der Waals surface area contributed by atoms with Crippen molar-refractivity contribution in [2.75, 3.05) is 0 Å². The highest BCUT2D eigenvalue weighted by Gasteiger charge is 2.53. The van der Waals surface area contributed by atoms with Gasteiger partial charge in [-0.05, 0) is 36.7 Å². The molecule has 0 amide bonds. The van der Waals surface area contributed by atoms with Crippen molar-refractivity contribution < 1.29 is 4.74 Å². The molecule has 1 aromatic rings. The first-order valence-electron chi connectivity index (χ1n) is 6.20. The Hall–Kier alpha value is -0.860. The minimum Gasteiger partial charge on any atom is -0.373 e. The lowest BCUT2D eigenvalue weighted by Gasteiger charge is -2.57. The highest BCUT2D eigenvalue weighted by atomic mass is 16.5. The second-order valence-corrected chi connectivity index (χ2v) is 5.33. The summed E-state index contributed by atoms with van der Waals surface area (Å²) in [5, 5.41) is 0. The fraction of sp³-hybridized carbons (Fsp3) is 0.571. The molecule has 2 aliphatic rings. The molecule has 3 rings (SSSR count). The summed E-state index contributed by atoms with van der Waals surface area (Å²) in [6.07, 6.45) is 5.35. The Kier molecular flexibility index (Phi) is 2.49. The Morgan fingerprint density at radius 3 is 2.56 bits per heavy atom. The zero-order valence-electron chi connectivity index (χ0n) is 9.56. The Morgan fingerprint density at radius 2 is 2.00 bits per heavy atom. The van der Waals surface area contributed by atoms with Crippen LogP contribution in [0.5, 0.6) is 0 Å². The molecule has 2 N–H and O–H groups in total. The maximum atomic E-state index is 6.03. The highest BCUT2D eigenvalue weighted by molar-refractivity contribution is 5.14. The van der Waals surface area contributed by atoms with Crippen molar-refractivity contribution in [1.29, 1.82) is 0 Å². The number of nitrogens with two attached hydrogens (primary N) is 1. The Bertz CT molecular complexity index is 356. The van der Waals surface area contributed by atoms with Crippen LogP contribution in [0, 0.1) is 5.41 Å². The average molecular weight is 217 g/mol. The number of rotatable bonds is 3. The van der Waals surface area contributed by atoms with Gasteiger partial charge in [0.05, 0.1) is 12.7 Å². The third-order valence-corrected chi connectivity index (χ3v) is 4.34. The molecule has 0 saturated heterocycles. The van der Waals surface area contributed by atoms with Gasteiger partial charge in [-0.15, -0.1) is 0 Å². The van der Waals surface area contributed by atoms with Crippen LogP contribution < -0.4 is 5.73 Å². The van der Waals surface area contributed by atoms with E-state index in [0.717, 1.165) is 6.61 Å². The van der Waals surface area contributed by atoms with Gasteiger partial charge in [0.15, 0.2) is 0 Å². The molecular weight excluding hydrogens is 198 g/mol. The third-order valence-electron chi connectivity index (χ3n) is 4.34. The van der Waals surface area contributed by atoms with Gasteiger partial charge in [0.1, 0.15) is 0 Å². The summed E-state index contributed by atoms with van der Waals surface area (Å²) < 4.78 is 5.89. The van der Waals surface area contributed by atoms with Gasteiger partial charge in [0.25, 0.3) is 0 Å². The fourth-order valence-electron chi connectivity index (χ4n) is 2.98. The van der Waals surface area contributed by atoms with E-state index in [1.807, 2.05) is 6.07 Å². The zero-order chi connectivity index (χ0) is 11.0. The van der Waals surface area contributed by atoms with E-state index in [2.05, 4.69) is 24.3 Å². The maximum absolute atomic E-state index is 6.03. The van der Waals surface area contributed by atoms with Crippen molar-refractivity contribution in [2.45, 2.75) is 44.4 Å². The van der Waals surface area contributed by atoms with Crippen molar-refractivity contribution in [3.8, 4) is 0 Å². The smallest absolute Gasteiger partial charge is 0.0720 e. The molecule has 1 aromatic carbocycles. The summed E-state index contributed by atoms with van der Waals surface area (Å²) in [6.45, 7) is 0.747. The zero-order valence-corrected chi connectivity index (χ0v) is 9.56. The first-order chi connectivity index (χ1) is 7.78. The van der Waals surface area contributed by atoms with Crippen molar-refractivity contribution in [1.82, 2.24) is 0 Å². The predicted octanol–water partition coefficient (Wildman–Crippen LogP) is 2.47. The molecule has 0 aromatic heterocycles. The molecule has 2 saturated carbocycles. The monoisotopic (exact) mass is 217 g/mol. The lowest BCUT2D eigenvalue weighted by atomic mass is 9.52. The van der Waals surface area contributed by atoms with Crippen LogP contribution in [-0.4, -0.2) is 12.1 Å². The molecule has 16 heavy (non-hydrogen) atoms. The second kappa shape index (κ2) is 3.86. The van der Waals surface area contributed by atoms with Crippen LogP contribution >= 0.6 is 0 Å². The van der Waals surface area contributed by atoms with Gasteiger partial charge in [-0.25, -0.2) is 0 Å². The van der Waals surface area contributed by atoms with E-state index in [9.17, 15) is 0 Å². The van der Waals surface area contributed by atoms with Crippen molar-refractivity contribution in [2.24, 2.45) is 11.1 Å². The van der Waals surface area contributed by atoms with E-state index in [1.54, 1.807) is 0 Å². The normalized spacial score (nSPS) is 36.8. The molecule has 2 nitrogen and oxygen atoms in total. The summed E-state index contributed by atoms with van der Waals surface area (Å²) in [6, 6.07) is 10.8. The van der Waals surface area contributed by atoms with Crippen LogP contribution in [0.3, 0.4) is 0 Å². The van der Waals surface area contributed by atoms with Gasteiger partial charge in [0.2, 0.25) is 0 Å². The molecule has 0 aliphatic heterocycles. The minimum absolute atomic E-state index is 0.448. The molecule has 1 spiro atoms. The highest BCUT2D eigenvalue weighted by Crippen LogP contribution is 2.56. The van der Waals surface area contributed by atoms with Gasteiger partial charge in [-0.3, -0.25) is 0 Å². The van der Waals surface area contributed by atoms with Crippen LogP contribution in [0.2, 0.25) is 0 Å². The SMILES string of the molecule is NC1CCC12CC(OCc1ccccc1)C2. The van der Waals surface area contributed by atoms with E-state index < -0.39 is 0 Å². The molecule has 0 radical (unpaired) electrons. The fourth-order valence-corrected chi connectivity index (χ4v) is 2.98. The van der Waals surface area contributed by atoms with Crippen LogP contribution in [0.25, 0.3) is 0 Å². The molecular formula is C14H19NO. The van der Waals surface area contributed by atoms with Crippen LogP contribution in [-0.2, 0) is 11.3 Å². The van der Waals surface area contributed by atoms with Crippen LogP contribution in [0.4, 0.5) is 0 Å². The van der Waals surface area contributed by atoms with Gasteiger partial charge in [0, 0.05) is 6.04 Å². The Labute approximate surface area is 96.8 Å². The van der Waals surface area contributed by atoms with Crippen molar-refractivity contribution in [3.63, 3.8) is 0 Å². The summed E-state index contributed by atoms with van der Waals surface area (Å²) in [7, 11) is 0. The summed E-state index contributed by atoms with van der Waals surface area (Å²) >= 11 is 0. The summed E-state index contributed by atoms with van der Waals surface area (Å²) in [4.78, 5) is 0. The first kappa shape index (κ1) is 10.3. The number of benzene rings is 1. The molecule has 0 heterocycles. The Morgan fingerprint density at radius 1 is 1.25 bits per heavy atom. The molecule has 2 aliphatic carbocycles. The topological polar surface area (TPSA) is 35.2 Å². The van der Waals surface area contributed by atoms with Gasteiger partial charge in [-0.1, -0.05) is 30.3 Å². The molecule has 1 unspecified atom stereocenters. The lowest BCUT2D eigenvalue weighted by molar-refractivity contribution is -0.133. The molecule has 2 fully saturated rings. The Balaban J connectivity index is 1.45. The first-order valence-corrected chi connectivity index (χ1v) is 6.20. The number of hydrogen-bond donors (Lipinski definition) is 1. The van der Waals surface area contributed by atoms with Gasteiger partial charge < -0.3 is 10.5 Å². The van der Waals surface area contributed by atoms with Crippen molar-refractivity contribution >= 4 is 0 Å². The van der Waals surface area contributed by atoms with E-state index in [1.165, 1.54) is 31.2 Å². The molecule has 0 bridgehead atoms. The van der Waals surface area contributed by atoms with Crippen LogP contribution in [0.1, 0.15) is 31.2 Å². The number of ether oxygens (including phenoxy) is 1. The predicted molar refractivity (Wildman–Crippen MR) is 63.9 cm³/mol. The van der Waals surface area contributed by atoms with E-state index in [4.69, 9.17) is 10.5 Å². The molecule has 1 atom stereocenters. The van der Waals surface area contributed by atoms with Crippen molar-refractivity contribution in [3.05, 3.63) is 35.9 Å². The largest absolute Gasteiger partial charge is 0.373 e. The van der Waals surface area contributed by atoms with E-state index in [0.29, 0.717) is 17.6 Å². The summed E-state index contributed by atoms with van der Waals surface area (Å²) in [5.74, 6) is 0. The summed E-state index contributed by atoms with van der Waals surface area (Å²) in [5.41, 5.74) is 7.77. The van der Waals surface area contributed by atoms with Crippen LogP contribution in [0.15, 0.2) is 30.3 Å². The standard InChI is InChI=1S/C14H19NO/c15-13-6-7-14(13)8-12(9-14)16-10-11-4-2-1-3-5-11/h1-5,12-13H,6-10,15H2. The third kappa shape index (κ3) is 1.66. The quantitative estimate of drug-likeness (QED) is 0.844. The molecule has 2 heteroatoms. The molecule has 86 valence electrons. The van der Waals surface area contributed by atoms with Gasteiger partial charge >= 0.3 is 0 Å². The minimum atomic E-state index is 0.448. The maximum Gasteiger partial charge on any atom is 0.0720 e. The van der Waals surface area contributed by atoms with Gasteiger partial charge in [-0.2, -0.15) is 0 Å². The lowest BCUT2D eigenvalue weighted by Crippen LogP contribution is -2.60. The number of hydrogen-bond acceptors (Lipinski definition) is 2. The average Bonchev–Trinajstić information content (AvgIpc) is 2.26.